The van der Waals surface area contributed by atoms with E-state index >= 15 is 0 Å². The third-order valence-electron chi connectivity index (χ3n) is 4.57. The van der Waals surface area contributed by atoms with Crippen LogP contribution >= 0.6 is 0 Å². The van der Waals surface area contributed by atoms with Gasteiger partial charge in [-0.15, -0.1) is 0 Å². The molecule has 3 N–H and O–H groups in total. The summed E-state index contributed by atoms with van der Waals surface area (Å²) in [7, 11) is 0. The van der Waals surface area contributed by atoms with Crippen molar-refractivity contribution in [1.82, 2.24) is 20.4 Å². The summed E-state index contributed by atoms with van der Waals surface area (Å²) in [4.78, 5) is 12.2. The predicted molar refractivity (Wildman–Crippen MR) is 91.5 cm³/mol. The largest absolute Gasteiger partial charge is 0.392 e. The number of hydrogen-bond donors (Lipinski definition) is 3. The van der Waals surface area contributed by atoms with Crippen molar-refractivity contribution in [3.05, 3.63) is 52.8 Å². The molecule has 1 aliphatic heterocycles. The quantitative estimate of drug-likeness (QED) is 0.761. The van der Waals surface area contributed by atoms with E-state index in [0.29, 0.717) is 19.5 Å². The number of nitrogens with zero attached hydrogens (tertiary/aromatic N) is 2. The molecule has 24 heavy (non-hydrogen) atoms. The van der Waals surface area contributed by atoms with Gasteiger partial charge in [-0.3, -0.25) is 9.48 Å². The Morgan fingerprint density at radius 1 is 1.38 bits per heavy atom. The summed E-state index contributed by atoms with van der Waals surface area (Å²) in [6.07, 6.45) is 0.0368. The lowest BCUT2D eigenvalue weighted by Gasteiger charge is -2.11. The fourth-order valence-corrected chi connectivity index (χ4v) is 3.12. The zero-order valence-corrected chi connectivity index (χ0v) is 14.1. The van der Waals surface area contributed by atoms with Gasteiger partial charge in [-0.1, -0.05) is 30.3 Å². The highest BCUT2D eigenvalue weighted by Crippen LogP contribution is 2.15. The topological polar surface area (TPSA) is 79.2 Å². The van der Waals surface area contributed by atoms with E-state index in [1.807, 2.05) is 36.7 Å². The molecule has 6 heteroatoms. The summed E-state index contributed by atoms with van der Waals surface area (Å²) in [6, 6.07) is 9.89. The Kier molecular flexibility index (Phi) is 4.97. The molecule has 2 atom stereocenters. The molecule has 0 bridgehead atoms. The third-order valence-corrected chi connectivity index (χ3v) is 4.57. The van der Waals surface area contributed by atoms with Crippen LogP contribution in [0.25, 0.3) is 0 Å². The normalized spacial score (nSPS) is 20.3. The third kappa shape index (κ3) is 3.66. The standard InChI is InChI=1S/C18H24N4O2/c1-12-16(10-20-18(24)17-8-15(23)9-19-17)13(2)22(21-12)11-14-6-4-3-5-7-14/h3-7,15,17,19,23H,8-11H2,1-2H3,(H,20,24)/t15-,17-/m0/s1. The Balaban J connectivity index is 1.65. The van der Waals surface area contributed by atoms with Gasteiger partial charge in [-0.25, -0.2) is 0 Å². The molecule has 1 aromatic heterocycles. The maximum atomic E-state index is 12.2. The van der Waals surface area contributed by atoms with E-state index in [9.17, 15) is 9.90 Å². The summed E-state index contributed by atoms with van der Waals surface area (Å²) >= 11 is 0. The number of aliphatic hydroxyl groups is 1. The van der Waals surface area contributed by atoms with Crippen molar-refractivity contribution in [1.29, 1.82) is 0 Å². The lowest BCUT2D eigenvalue weighted by atomic mass is 10.1. The molecule has 3 rings (SSSR count). The van der Waals surface area contributed by atoms with Crippen molar-refractivity contribution in [2.75, 3.05) is 6.54 Å². The maximum absolute atomic E-state index is 12.2. The van der Waals surface area contributed by atoms with Gasteiger partial charge in [0.05, 0.1) is 24.4 Å². The van der Waals surface area contributed by atoms with Gasteiger partial charge in [0.2, 0.25) is 5.91 Å². The van der Waals surface area contributed by atoms with Gasteiger partial charge in [0.25, 0.3) is 0 Å². The number of hydrogen-bond acceptors (Lipinski definition) is 4. The summed E-state index contributed by atoms with van der Waals surface area (Å²) < 4.78 is 1.98. The van der Waals surface area contributed by atoms with Crippen LogP contribution in [-0.4, -0.2) is 39.5 Å². The number of benzene rings is 1. The fourth-order valence-electron chi connectivity index (χ4n) is 3.12. The van der Waals surface area contributed by atoms with Crippen molar-refractivity contribution < 1.29 is 9.90 Å². The van der Waals surface area contributed by atoms with Gasteiger partial charge in [-0.05, 0) is 25.8 Å². The Morgan fingerprint density at radius 2 is 2.12 bits per heavy atom. The van der Waals surface area contributed by atoms with Crippen LogP contribution in [0.3, 0.4) is 0 Å². The van der Waals surface area contributed by atoms with Crippen LogP contribution in [0, 0.1) is 13.8 Å². The maximum Gasteiger partial charge on any atom is 0.237 e. The highest BCUT2D eigenvalue weighted by Gasteiger charge is 2.28. The summed E-state index contributed by atoms with van der Waals surface area (Å²) in [5, 5.41) is 20.1. The molecular weight excluding hydrogens is 304 g/mol. The molecule has 0 saturated carbocycles. The first-order chi connectivity index (χ1) is 11.5. The minimum atomic E-state index is -0.433. The number of rotatable bonds is 5. The zero-order chi connectivity index (χ0) is 17.1. The zero-order valence-electron chi connectivity index (χ0n) is 14.1. The molecule has 0 aliphatic carbocycles. The van der Waals surface area contributed by atoms with E-state index < -0.39 is 6.10 Å². The highest BCUT2D eigenvalue weighted by atomic mass is 16.3. The molecule has 128 valence electrons. The summed E-state index contributed by atoms with van der Waals surface area (Å²) in [6.45, 7) is 5.65. The van der Waals surface area contributed by atoms with Crippen LogP contribution < -0.4 is 10.6 Å². The van der Waals surface area contributed by atoms with E-state index in [-0.39, 0.29) is 11.9 Å². The SMILES string of the molecule is Cc1nn(Cc2ccccc2)c(C)c1CNC(=O)[C@@H]1C[C@H](O)CN1. The molecule has 1 aromatic carbocycles. The van der Waals surface area contributed by atoms with Crippen LogP contribution in [0.15, 0.2) is 30.3 Å². The Labute approximate surface area is 141 Å². The second-order valence-electron chi connectivity index (χ2n) is 6.36. The van der Waals surface area contributed by atoms with Gasteiger partial charge in [0, 0.05) is 24.3 Å². The minimum Gasteiger partial charge on any atom is -0.392 e. The van der Waals surface area contributed by atoms with Gasteiger partial charge < -0.3 is 15.7 Å². The van der Waals surface area contributed by atoms with E-state index in [0.717, 1.165) is 23.5 Å². The molecular formula is C18H24N4O2. The van der Waals surface area contributed by atoms with Crippen molar-refractivity contribution in [3.8, 4) is 0 Å². The minimum absolute atomic E-state index is 0.0684. The van der Waals surface area contributed by atoms with Gasteiger partial charge in [-0.2, -0.15) is 5.10 Å². The van der Waals surface area contributed by atoms with Gasteiger partial charge >= 0.3 is 0 Å². The molecule has 2 aromatic rings. The summed E-state index contributed by atoms with van der Waals surface area (Å²) in [5.74, 6) is -0.0684. The second kappa shape index (κ2) is 7.15. The first kappa shape index (κ1) is 16.7. The smallest absolute Gasteiger partial charge is 0.237 e. The molecule has 2 heterocycles. The van der Waals surface area contributed by atoms with Crippen LogP contribution in [0.2, 0.25) is 0 Å². The first-order valence-corrected chi connectivity index (χ1v) is 8.30. The Morgan fingerprint density at radius 3 is 2.79 bits per heavy atom. The van der Waals surface area contributed by atoms with Crippen molar-refractivity contribution in [2.24, 2.45) is 0 Å². The second-order valence-corrected chi connectivity index (χ2v) is 6.36. The van der Waals surface area contributed by atoms with Gasteiger partial charge in [0.1, 0.15) is 0 Å². The molecule has 0 spiro atoms. The molecule has 1 aliphatic rings. The van der Waals surface area contributed by atoms with Gasteiger partial charge in [0.15, 0.2) is 0 Å². The van der Waals surface area contributed by atoms with Crippen LogP contribution in [0.5, 0.6) is 0 Å². The summed E-state index contributed by atoms with van der Waals surface area (Å²) in [5.41, 5.74) is 4.25. The van der Waals surface area contributed by atoms with E-state index in [4.69, 9.17) is 0 Å². The lowest BCUT2D eigenvalue weighted by molar-refractivity contribution is -0.123. The van der Waals surface area contributed by atoms with Crippen LogP contribution in [0.1, 0.15) is 28.9 Å². The Hall–Kier alpha value is -2.18. The van der Waals surface area contributed by atoms with Crippen LogP contribution in [0.4, 0.5) is 0 Å². The Bertz CT molecular complexity index is 711. The number of β-amino-alcohol motifs (C(OH)–C–C–N with tert-alkyl or cyclic N) is 1. The number of aliphatic hydroxyl groups excluding tert-OH is 1. The number of carbonyl (C=O) groups is 1. The van der Waals surface area contributed by atoms with E-state index in [1.165, 1.54) is 5.56 Å². The van der Waals surface area contributed by atoms with Crippen molar-refractivity contribution in [2.45, 2.75) is 45.5 Å². The molecule has 1 saturated heterocycles. The number of aryl methyl sites for hydroxylation is 1. The van der Waals surface area contributed by atoms with Crippen LogP contribution in [-0.2, 0) is 17.9 Å². The first-order valence-electron chi connectivity index (χ1n) is 8.30. The monoisotopic (exact) mass is 328 g/mol. The van der Waals surface area contributed by atoms with E-state index in [1.54, 1.807) is 0 Å². The number of carbonyl (C=O) groups excluding carboxylic acids is 1. The lowest BCUT2D eigenvalue weighted by Crippen LogP contribution is -2.40. The number of nitrogens with one attached hydrogen (secondary N) is 2. The number of aromatic nitrogens is 2. The molecule has 0 unspecified atom stereocenters. The fraction of sp³-hybridized carbons (Fsp3) is 0.444. The molecule has 1 fully saturated rings. The predicted octanol–water partition coefficient (Wildman–Crippen LogP) is 0.887. The highest BCUT2D eigenvalue weighted by molar-refractivity contribution is 5.82. The van der Waals surface area contributed by atoms with Crippen molar-refractivity contribution >= 4 is 5.91 Å². The van der Waals surface area contributed by atoms with Crippen molar-refractivity contribution in [3.63, 3.8) is 0 Å². The average molecular weight is 328 g/mol. The van der Waals surface area contributed by atoms with E-state index in [2.05, 4.69) is 27.9 Å². The molecule has 6 nitrogen and oxygen atoms in total. The molecule has 0 radical (unpaired) electrons. The molecule has 1 amide bonds. The average Bonchev–Trinajstić information content (AvgIpc) is 3.11. The number of amides is 1.